The number of nitrogen functional groups attached to an aromatic ring is 1. The monoisotopic (exact) mass is 264 g/mol. The molecule has 2 rings (SSSR count). The second-order valence-electron chi connectivity index (χ2n) is 3.23. The van der Waals surface area contributed by atoms with E-state index in [4.69, 9.17) is 10.5 Å². The van der Waals surface area contributed by atoms with Crippen molar-refractivity contribution >= 4 is 42.2 Å². The van der Waals surface area contributed by atoms with E-state index < -0.39 is 0 Å². The molecule has 1 heterocycles. The number of rotatable bonds is 1. The molecule has 2 N–H and O–H groups in total. The summed E-state index contributed by atoms with van der Waals surface area (Å²) in [5.74, 6) is -0.173. The van der Waals surface area contributed by atoms with Gasteiger partial charge in [0.15, 0.2) is 0 Å². The fraction of sp³-hybridized carbons (Fsp3) is 0.300. The summed E-state index contributed by atoms with van der Waals surface area (Å²) in [7, 11) is 0. The minimum Gasteiger partial charge on any atom is -0.462 e. The number of cyclic esters (lactones) is 1. The third kappa shape index (κ3) is 3.47. The third-order valence-electron chi connectivity index (χ3n) is 2.20. The minimum absolute atomic E-state index is 0. The summed E-state index contributed by atoms with van der Waals surface area (Å²) < 4.78 is 4.85. The van der Waals surface area contributed by atoms with Crippen LogP contribution in [0.25, 0.3) is 0 Å². The zero-order valence-electron chi connectivity index (χ0n) is 8.59. The van der Waals surface area contributed by atoms with Crippen molar-refractivity contribution in [1.29, 1.82) is 0 Å². The van der Waals surface area contributed by atoms with Crippen molar-refractivity contribution in [2.24, 2.45) is 0 Å². The Morgan fingerprint density at radius 1 is 1.19 bits per heavy atom. The van der Waals surface area contributed by atoms with Crippen LogP contribution < -0.4 is 10.6 Å². The quantitative estimate of drug-likeness (QED) is 0.617. The highest BCUT2D eigenvalue weighted by Crippen LogP contribution is 2.17. The van der Waals surface area contributed by atoms with Crippen molar-refractivity contribution in [3.63, 3.8) is 0 Å². The Balaban J connectivity index is 0.00000112. The van der Waals surface area contributed by atoms with Crippen molar-refractivity contribution in [1.82, 2.24) is 0 Å². The minimum atomic E-state index is -0.173. The summed E-state index contributed by atoms with van der Waals surface area (Å²) in [6.45, 7) is 1.53. The van der Waals surface area contributed by atoms with Gasteiger partial charge in [0.1, 0.15) is 13.2 Å². The number of nitrogens with two attached hydrogens (primary N) is 1. The molecule has 1 aromatic carbocycles. The van der Waals surface area contributed by atoms with Gasteiger partial charge in [0, 0.05) is 11.4 Å². The number of hydrogen-bond donors (Lipinski definition) is 1. The summed E-state index contributed by atoms with van der Waals surface area (Å²) in [5.41, 5.74) is 7.31. The first-order valence-electron chi connectivity index (χ1n) is 4.52. The van der Waals surface area contributed by atoms with Crippen LogP contribution in [0.5, 0.6) is 0 Å². The van der Waals surface area contributed by atoms with Crippen LogP contribution in [-0.2, 0) is 9.53 Å². The highest BCUT2D eigenvalue weighted by Gasteiger charge is 2.17. The lowest BCUT2D eigenvalue weighted by Gasteiger charge is -2.27. The molecule has 0 aliphatic carbocycles. The van der Waals surface area contributed by atoms with Gasteiger partial charge in [0.05, 0.1) is 6.54 Å². The van der Waals surface area contributed by atoms with Crippen molar-refractivity contribution in [2.45, 2.75) is 0 Å². The SMILES string of the molecule is Cl.Cl.Nc1ccc(N2CCOC(=O)C2)cc1. The normalized spacial score (nSPS) is 14.5. The van der Waals surface area contributed by atoms with E-state index >= 15 is 0 Å². The fourth-order valence-corrected chi connectivity index (χ4v) is 1.46. The van der Waals surface area contributed by atoms with Crippen LogP contribution >= 0.6 is 24.8 Å². The van der Waals surface area contributed by atoms with Crippen LogP contribution in [0.1, 0.15) is 0 Å². The average Bonchev–Trinajstić information content (AvgIpc) is 2.19. The molecule has 1 saturated heterocycles. The van der Waals surface area contributed by atoms with Gasteiger partial charge < -0.3 is 15.4 Å². The predicted molar refractivity (Wildman–Crippen MR) is 68.5 cm³/mol. The molecule has 90 valence electrons. The molecular weight excluding hydrogens is 251 g/mol. The van der Waals surface area contributed by atoms with Gasteiger partial charge in [-0.1, -0.05) is 0 Å². The second-order valence-corrected chi connectivity index (χ2v) is 3.23. The van der Waals surface area contributed by atoms with Gasteiger partial charge in [-0.25, -0.2) is 0 Å². The Morgan fingerprint density at radius 2 is 1.81 bits per heavy atom. The van der Waals surface area contributed by atoms with Crippen LogP contribution in [0, 0.1) is 0 Å². The number of esters is 1. The fourth-order valence-electron chi connectivity index (χ4n) is 1.46. The van der Waals surface area contributed by atoms with Crippen molar-refractivity contribution in [2.75, 3.05) is 30.3 Å². The van der Waals surface area contributed by atoms with E-state index in [0.29, 0.717) is 13.2 Å². The highest BCUT2D eigenvalue weighted by atomic mass is 35.5. The van der Waals surface area contributed by atoms with Crippen LogP contribution in [-0.4, -0.2) is 25.7 Å². The lowest BCUT2D eigenvalue weighted by Crippen LogP contribution is -2.39. The molecule has 1 aromatic rings. The molecule has 0 radical (unpaired) electrons. The number of halogens is 2. The first-order chi connectivity index (χ1) is 6.75. The summed E-state index contributed by atoms with van der Waals surface area (Å²) in [4.78, 5) is 13.0. The lowest BCUT2D eigenvalue weighted by molar-refractivity contribution is -0.143. The maximum Gasteiger partial charge on any atom is 0.325 e. The van der Waals surface area contributed by atoms with Gasteiger partial charge in [-0.2, -0.15) is 0 Å². The van der Waals surface area contributed by atoms with Gasteiger partial charge in [-0.15, -0.1) is 24.8 Å². The van der Waals surface area contributed by atoms with Gasteiger partial charge >= 0.3 is 5.97 Å². The average molecular weight is 265 g/mol. The zero-order valence-corrected chi connectivity index (χ0v) is 10.2. The van der Waals surface area contributed by atoms with Gasteiger partial charge in [0.25, 0.3) is 0 Å². The van der Waals surface area contributed by atoms with E-state index in [-0.39, 0.29) is 30.8 Å². The van der Waals surface area contributed by atoms with E-state index in [1.165, 1.54) is 0 Å². The summed E-state index contributed by atoms with van der Waals surface area (Å²) in [6.07, 6.45) is 0. The number of carbonyl (C=O) groups excluding carboxylic acids is 1. The van der Waals surface area contributed by atoms with Crippen LogP contribution in [0.2, 0.25) is 0 Å². The van der Waals surface area contributed by atoms with E-state index in [2.05, 4.69) is 0 Å². The van der Waals surface area contributed by atoms with E-state index in [1.807, 2.05) is 29.2 Å². The Kier molecular flexibility index (Phi) is 6.00. The molecule has 0 spiro atoms. The van der Waals surface area contributed by atoms with Crippen molar-refractivity contribution in [3.05, 3.63) is 24.3 Å². The molecule has 1 fully saturated rings. The van der Waals surface area contributed by atoms with Crippen LogP contribution in [0.15, 0.2) is 24.3 Å². The number of nitrogens with zero attached hydrogens (tertiary/aromatic N) is 1. The zero-order chi connectivity index (χ0) is 9.97. The molecule has 16 heavy (non-hydrogen) atoms. The lowest BCUT2D eigenvalue weighted by atomic mass is 10.2. The number of anilines is 2. The summed E-state index contributed by atoms with van der Waals surface area (Å²) >= 11 is 0. The molecule has 6 heteroatoms. The molecule has 1 aliphatic heterocycles. The van der Waals surface area contributed by atoms with E-state index in [9.17, 15) is 4.79 Å². The van der Waals surface area contributed by atoms with Crippen LogP contribution in [0.4, 0.5) is 11.4 Å². The van der Waals surface area contributed by atoms with E-state index in [1.54, 1.807) is 0 Å². The number of morpholine rings is 1. The molecule has 0 atom stereocenters. The standard InChI is InChI=1S/C10H12N2O2.2ClH/c11-8-1-3-9(4-2-8)12-5-6-14-10(13)7-12;;/h1-4H,5-7,11H2;2*1H. The smallest absolute Gasteiger partial charge is 0.325 e. The maximum absolute atomic E-state index is 11.0. The van der Waals surface area contributed by atoms with Gasteiger partial charge in [-0.05, 0) is 24.3 Å². The number of hydrogen-bond acceptors (Lipinski definition) is 4. The third-order valence-corrected chi connectivity index (χ3v) is 2.20. The molecule has 4 nitrogen and oxygen atoms in total. The molecule has 1 aliphatic rings. The van der Waals surface area contributed by atoms with E-state index in [0.717, 1.165) is 17.9 Å². The summed E-state index contributed by atoms with van der Waals surface area (Å²) in [6, 6.07) is 7.48. The molecule has 0 aromatic heterocycles. The Bertz CT molecular complexity index is 343. The van der Waals surface area contributed by atoms with Gasteiger partial charge in [0.2, 0.25) is 0 Å². The molecule has 0 saturated carbocycles. The Labute approximate surface area is 107 Å². The number of ether oxygens (including phenoxy) is 1. The largest absolute Gasteiger partial charge is 0.462 e. The highest BCUT2D eigenvalue weighted by molar-refractivity contribution is 5.85. The first-order valence-corrected chi connectivity index (χ1v) is 4.52. The topological polar surface area (TPSA) is 55.6 Å². The molecule has 0 bridgehead atoms. The second kappa shape index (κ2) is 6.45. The Morgan fingerprint density at radius 3 is 2.38 bits per heavy atom. The van der Waals surface area contributed by atoms with Crippen molar-refractivity contribution < 1.29 is 9.53 Å². The van der Waals surface area contributed by atoms with Crippen molar-refractivity contribution in [3.8, 4) is 0 Å². The first kappa shape index (κ1) is 14.9. The summed E-state index contributed by atoms with van der Waals surface area (Å²) in [5, 5.41) is 0. The number of benzene rings is 1. The number of carbonyl (C=O) groups is 1. The molecule has 0 unspecified atom stereocenters. The maximum atomic E-state index is 11.0. The van der Waals surface area contributed by atoms with Crippen LogP contribution in [0.3, 0.4) is 0 Å². The Hall–Kier alpha value is -1.13. The van der Waals surface area contributed by atoms with Gasteiger partial charge in [-0.3, -0.25) is 4.79 Å². The predicted octanol–water partition coefficient (Wildman–Crippen LogP) is 1.48. The molecular formula is C10H14Cl2N2O2. The molecule has 0 amide bonds.